The minimum atomic E-state index is -0.510. The monoisotopic (exact) mass is 408 g/mol. The van der Waals surface area contributed by atoms with Crippen LogP contribution in [0, 0.1) is 10.1 Å². The van der Waals surface area contributed by atoms with Crippen molar-refractivity contribution in [2.75, 3.05) is 52.1 Å². The number of benzene rings is 1. The molecule has 0 atom stereocenters. The Morgan fingerprint density at radius 3 is 2.50 bits per heavy atom. The molecule has 154 valence electrons. The third-order valence-electron chi connectivity index (χ3n) is 4.98. The fourth-order valence-corrected chi connectivity index (χ4v) is 3.78. The van der Waals surface area contributed by atoms with E-state index in [0.717, 1.165) is 17.9 Å². The van der Waals surface area contributed by atoms with Gasteiger partial charge in [-0.3, -0.25) is 24.6 Å². The molecule has 8 nitrogen and oxygen atoms in total. The van der Waals surface area contributed by atoms with Crippen LogP contribution < -0.4 is 0 Å². The van der Waals surface area contributed by atoms with Crippen molar-refractivity contribution in [1.82, 2.24) is 14.7 Å². The van der Waals surface area contributed by atoms with E-state index in [0.29, 0.717) is 39.3 Å². The first-order valence-corrected chi connectivity index (χ1v) is 10.8. The van der Waals surface area contributed by atoms with Crippen LogP contribution in [0.1, 0.15) is 30.6 Å². The average molecular weight is 409 g/mol. The molecule has 1 aliphatic rings. The molecule has 2 rings (SSSR count). The predicted molar refractivity (Wildman–Crippen MR) is 110 cm³/mol. The van der Waals surface area contributed by atoms with Crippen molar-refractivity contribution >= 4 is 29.3 Å². The molecule has 0 aromatic heterocycles. The Balaban J connectivity index is 2.09. The normalized spacial score (nSPS) is 15.2. The summed E-state index contributed by atoms with van der Waals surface area (Å²) < 4.78 is 0. The number of amides is 2. The third-order valence-corrected chi connectivity index (χ3v) is 5.71. The van der Waals surface area contributed by atoms with Crippen LogP contribution in [-0.4, -0.2) is 83.5 Å². The van der Waals surface area contributed by atoms with Gasteiger partial charge in [0.1, 0.15) is 5.56 Å². The van der Waals surface area contributed by atoms with Gasteiger partial charge in [0.05, 0.1) is 11.5 Å². The maximum Gasteiger partial charge on any atom is 0.282 e. The molecule has 1 aromatic rings. The summed E-state index contributed by atoms with van der Waals surface area (Å²) in [4.78, 5) is 42.5. The van der Waals surface area contributed by atoms with E-state index in [4.69, 9.17) is 0 Å². The van der Waals surface area contributed by atoms with E-state index in [2.05, 4.69) is 4.90 Å². The summed E-state index contributed by atoms with van der Waals surface area (Å²) in [5.74, 6) is -0.229. The van der Waals surface area contributed by atoms with E-state index >= 15 is 0 Å². The van der Waals surface area contributed by atoms with Gasteiger partial charge in [-0.1, -0.05) is 0 Å². The molecule has 1 fully saturated rings. The molecule has 1 aromatic carbocycles. The number of nitro benzene ring substituents is 1. The standard InChI is InChI=1S/C19H28N4O4S/c1-4-21(5-2)18(24)14-20-9-6-10-22(12-11-20)19(25)16-13-15(28-3)7-8-17(16)23(26)27/h7-8,13H,4-6,9-12,14H2,1-3H3. The van der Waals surface area contributed by atoms with E-state index in [1.165, 1.54) is 17.8 Å². The van der Waals surface area contributed by atoms with E-state index in [-0.39, 0.29) is 23.1 Å². The Labute approximate surface area is 170 Å². The van der Waals surface area contributed by atoms with Crippen LogP contribution in [0.15, 0.2) is 23.1 Å². The number of likely N-dealkylation sites (N-methyl/N-ethyl adjacent to an activating group) is 1. The van der Waals surface area contributed by atoms with Crippen LogP contribution in [0.4, 0.5) is 5.69 Å². The molecule has 0 N–H and O–H groups in total. The Hall–Kier alpha value is -2.13. The number of thioether (sulfide) groups is 1. The summed E-state index contributed by atoms with van der Waals surface area (Å²) >= 11 is 1.44. The second-order valence-electron chi connectivity index (χ2n) is 6.63. The van der Waals surface area contributed by atoms with Crippen molar-refractivity contribution in [3.05, 3.63) is 33.9 Å². The fourth-order valence-electron chi connectivity index (χ4n) is 3.34. The van der Waals surface area contributed by atoms with Crippen molar-refractivity contribution in [2.24, 2.45) is 0 Å². The van der Waals surface area contributed by atoms with Crippen LogP contribution in [0.3, 0.4) is 0 Å². The number of nitrogens with zero attached hydrogens (tertiary/aromatic N) is 4. The highest BCUT2D eigenvalue weighted by Gasteiger charge is 2.27. The van der Waals surface area contributed by atoms with E-state index in [9.17, 15) is 19.7 Å². The van der Waals surface area contributed by atoms with Crippen molar-refractivity contribution in [3.8, 4) is 0 Å². The number of nitro groups is 1. The number of carbonyl (C=O) groups is 2. The van der Waals surface area contributed by atoms with E-state index in [1.54, 1.807) is 21.9 Å². The molecule has 1 saturated heterocycles. The van der Waals surface area contributed by atoms with Crippen LogP contribution >= 0.6 is 11.8 Å². The molecular weight excluding hydrogens is 380 g/mol. The first-order chi connectivity index (χ1) is 13.4. The fraction of sp³-hybridized carbons (Fsp3) is 0.579. The summed E-state index contributed by atoms with van der Waals surface area (Å²) in [7, 11) is 0. The smallest absolute Gasteiger partial charge is 0.282 e. The summed E-state index contributed by atoms with van der Waals surface area (Å²) in [6, 6.07) is 4.65. The van der Waals surface area contributed by atoms with Gasteiger partial charge >= 0.3 is 0 Å². The lowest BCUT2D eigenvalue weighted by Gasteiger charge is -2.25. The minimum Gasteiger partial charge on any atom is -0.342 e. The number of hydrogen-bond donors (Lipinski definition) is 0. The van der Waals surface area contributed by atoms with Crippen molar-refractivity contribution in [1.29, 1.82) is 0 Å². The zero-order chi connectivity index (χ0) is 20.7. The van der Waals surface area contributed by atoms with Gasteiger partial charge in [0, 0.05) is 50.2 Å². The molecule has 0 saturated carbocycles. The second kappa shape index (κ2) is 10.4. The lowest BCUT2D eigenvalue weighted by molar-refractivity contribution is -0.385. The molecule has 0 aliphatic carbocycles. The molecule has 0 radical (unpaired) electrons. The van der Waals surface area contributed by atoms with Crippen molar-refractivity contribution < 1.29 is 14.5 Å². The van der Waals surface area contributed by atoms with Gasteiger partial charge in [-0.2, -0.15) is 0 Å². The second-order valence-corrected chi connectivity index (χ2v) is 7.51. The lowest BCUT2D eigenvalue weighted by Crippen LogP contribution is -2.42. The Morgan fingerprint density at radius 2 is 1.89 bits per heavy atom. The Kier molecular flexibility index (Phi) is 8.25. The quantitative estimate of drug-likeness (QED) is 0.391. The summed E-state index contributed by atoms with van der Waals surface area (Å²) in [5, 5.41) is 11.3. The average Bonchev–Trinajstić information content (AvgIpc) is 2.93. The van der Waals surface area contributed by atoms with Crippen molar-refractivity contribution in [3.63, 3.8) is 0 Å². The molecule has 28 heavy (non-hydrogen) atoms. The van der Waals surface area contributed by atoms with Crippen LogP contribution in [0.5, 0.6) is 0 Å². The molecule has 9 heteroatoms. The molecule has 2 amide bonds. The van der Waals surface area contributed by atoms with Crippen LogP contribution in [-0.2, 0) is 4.79 Å². The van der Waals surface area contributed by atoms with Crippen LogP contribution in [0.25, 0.3) is 0 Å². The highest BCUT2D eigenvalue weighted by atomic mass is 32.2. The summed E-state index contributed by atoms with van der Waals surface area (Å²) in [5.41, 5.74) is -0.0369. The van der Waals surface area contributed by atoms with Crippen LogP contribution in [0.2, 0.25) is 0 Å². The topological polar surface area (TPSA) is 87.0 Å². The Morgan fingerprint density at radius 1 is 1.18 bits per heavy atom. The molecule has 0 spiro atoms. The van der Waals surface area contributed by atoms with Gasteiger partial charge in [0.15, 0.2) is 0 Å². The summed E-state index contributed by atoms with van der Waals surface area (Å²) in [6.45, 7) is 7.90. The number of hydrogen-bond acceptors (Lipinski definition) is 6. The lowest BCUT2D eigenvalue weighted by atomic mass is 10.1. The zero-order valence-corrected chi connectivity index (χ0v) is 17.5. The molecule has 1 heterocycles. The van der Waals surface area contributed by atoms with Gasteiger partial charge in [-0.05, 0) is 38.7 Å². The Bertz CT molecular complexity index is 724. The number of rotatable bonds is 7. The highest BCUT2D eigenvalue weighted by molar-refractivity contribution is 7.98. The van der Waals surface area contributed by atoms with E-state index < -0.39 is 4.92 Å². The van der Waals surface area contributed by atoms with E-state index in [1.807, 2.05) is 20.1 Å². The van der Waals surface area contributed by atoms with Gasteiger partial charge in [-0.15, -0.1) is 11.8 Å². The van der Waals surface area contributed by atoms with Gasteiger partial charge in [0.25, 0.3) is 11.6 Å². The number of carbonyl (C=O) groups excluding carboxylic acids is 2. The maximum absolute atomic E-state index is 13.0. The minimum absolute atomic E-state index is 0.0908. The molecule has 1 aliphatic heterocycles. The zero-order valence-electron chi connectivity index (χ0n) is 16.7. The molecule has 0 bridgehead atoms. The first kappa shape index (κ1) is 22.2. The SMILES string of the molecule is CCN(CC)C(=O)CN1CCCN(C(=O)c2cc(SC)ccc2[N+](=O)[O-])CC1. The summed E-state index contributed by atoms with van der Waals surface area (Å²) in [6.07, 6.45) is 2.60. The highest BCUT2D eigenvalue weighted by Crippen LogP contribution is 2.26. The van der Waals surface area contributed by atoms with Crippen molar-refractivity contribution in [2.45, 2.75) is 25.2 Å². The predicted octanol–water partition coefficient (Wildman–Crippen LogP) is 2.33. The largest absolute Gasteiger partial charge is 0.342 e. The molecular formula is C19H28N4O4S. The van der Waals surface area contributed by atoms with Gasteiger partial charge in [-0.25, -0.2) is 0 Å². The third kappa shape index (κ3) is 5.45. The first-order valence-electron chi connectivity index (χ1n) is 9.53. The maximum atomic E-state index is 13.0. The molecule has 0 unspecified atom stereocenters. The van der Waals surface area contributed by atoms with Gasteiger partial charge in [0.2, 0.25) is 5.91 Å². The van der Waals surface area contributed by atoms with Gasteiger partial charge < -0.3 is 9.80 Å².